The molecular formula is C18H28N4O2. The van der Waals surface area contributed by atoms with E-state index >= 15 is 0 Å². The maximum Gasteiger partial charge on any atom is 0.252 e. The van der Waals surface area contributed by atoms with Gasteiger partial charge in [-0.1, -0.05) is 6.07 Å². The van der Waals surface area contributed by atoms with E-state index in [1.807, 2.05) is 19.2 Å². The molecule has 1 N–H and O–H groups in total. The molecule has 24 heavy (non-hydrogen) atoms. The van der Waals surface area contributed by atoms with Crippen molar-refractivity contribution in [2.45, 2.75) is 38.3 Å². The van der Waals surface area contributed by atoms with Crippen LogP contribution in [-0.2, 0) is 16.1 Å². The molecule has 1 amide bonds. The first-order valence-electron chi connectivity index (χ1n) is 8.88. The van der Waals surface area contributed by atoms with Gasteiger partial charge in [0.1, 0.15) is 11.4 Å². The number of anilines is 1. The van der Waals surface area contributed by atoms with Crippen LogP contribution < -0.4 is 10.2 Å². The Hall–Kier alpha value is -1.66. The molecule has 0 saturated carbocycles. The molecule has 0 aromatic carbocycles. The summed E-state index contributed by atoms with van der Waals surface area (Å²) in [5, 5.41) is 3.04. The fourth-order valence-electron chi connectivity index (χ4n) is 3.43. The average molecular weight is 332 g/mol. The van der Waals surface area contributed by atoms with Crippen LogP contribution in [0.3, 0.4) is 0 Å². The number of likely N-dealkylation sites (N-methyl/N-ethyl adjacent to an activating group) is 1. The van der Waals surface area contributed by atoms with Crippen molar-refractivity contribution in [3.8, 4) is 0 Å². The van der Waals surface area contributed by atoms with Crippen LogP contribution in [0.4, 0.5) is 5.82 Å². The molecule has 2 aliphatic heterocycles. The van der Waals surface area contributed by atoms with E-state index in [1.54, 1.807) is 0 Å². The van der Waals surface area contributed by atoms with Crippen molar-refractivity contribution < 1.29 is 9.53 Å². The molecule has 1 aromatic heterocycles. The number of hydrogen-bond donors (Lipinski definition) is 1. The van der Waals surface area contributed by atoms with Crippen LogP contribution in [0.5, 0.6) is 0 Å². The molecule has 3 heterocycles. The van der Waals surface area contributed by atoms with Gasteiger partial charge in [-0.15, -0.1) is 0 Å². The Morgan fingerprint density at radius 1 is 1.33 bits per heavy atom. The molecule has 0 spiro atoms. The Kier molecular flexibility index (Phi) is 5.36. The molecule has 1 aromatic rings. The van der Waals surface area contributed by atoms with E-state index in [9.17, 15) is 4.79 Å². The van der Waals surface area contributed by atoms with Crippen molar-refractivity contribution in [3.05, 3.63) is 23.9 Å². The van der Waals surface area contributed by atoms with Gasteiger partial charge in [0.25, 0.3) is 5.91 Å². The molecule has 132 valence electrons. The summed E-state index contributed by atoms with van der Waals surface area (Å²) in [5.74, 6) is 0.969. The second-order valence-corrected chi connectivity index (χ2v) is 7.00. The van der Waals surface area contributed by atoms with Gasteiger partial charge >= 0.3 is 0 Å². The zero-order valence-corrected chi connectivity index (χ0v) is 14.8. The summed E-state index contributed by atoms with van der Waals surface area (Å²) in [5.41, 5.74) is 0.394. The van der Waals surface area contributed by atoms with Crippen molar-refractivity contribution in [1.29, 1.82) is 0 Å². The summed E-state index contributed by atoms with van der Waals surface area (Å²) >= 11 is 0. The first-order valence-corrected chi connectivity index (χ1v) is 8.88. The number of nitrogens with one attached hydrogen (secondary N) is 1. The lowest BCUT2D eigenvalue weighted by molar-refractivity contribution is -0.139. The monoisotopic (exact) mass is 332 g/mol. The highest BCUT2D eigenvalue weighted by Gasteiger charge is 2.37. The van der Waals surface area contributed by atoms with Crippen molar-refractivity contribution in [2.75, 3.05) is 44.7 Å². The number of rotatable bonds is 4. The molecular weight excluding hydrogens is 304 g/mol. The van der Waals surface area contributed by atoms with Gasteiger partial charge in [0, 0.05) is 44.5 Å². The molecule has 3 rings (SSSR count). The van der Waals surface area contributed by atoms with Crippen LogP contribution in [0, 0.1) is 0 Å². The second kappa shape index (κ2) is 7.49. The zero-order chi connectivity index (χ0) is 17.0. The van der Waals surface area contributed by atoms with E-state index < -0.39 is 5.60 Å². The fourth-order valence-corrected chi connectivity index (χ4v) is 3.43. The summed E-state index contributed by atoms with van der Waals surface area (Å²) in [6.45, 7) is 7.17. The van der Waals surface area contributed by atoms with Gasteiger partial charge in [0.2, 0.25) is 0 Å². The lowest BCUT2D eigenvalue weighted by Crippen LogP contribution is -2.43. The van der Waals surface area contributed by atoms with Crippen molar-refractivity contribution in [2.24, 2.45) is 0 Å². The van der Waals surface area contributed by atoms with Gasteiger partial charge in [-0.2, -0.15) is 0 Å². The van der Waals surface area contributed by atoms with Gasteiger partial charge in [-0.3, -0.25) is 4.79 Å². The molecule has 2 saturated heterocycles. The van der Waals surface area contributed by atoms with E-state index in [-0.39, 0.29) is 5.91 Å². The molecule has 6 nitrogen and oxygen atoms in total. The van der Waals surface area contributed by atoms with Gasteiger partial charge in [-0.05, 0) is 45.8 Å². The highest BCUT2D eigenvalue weighted by atomic mass is 16.5. The van der Waals surface area contributed by atoms with E-state index in [1.165, 1.54) is 0 Å². The van der Waals surface area contributed by atoms with Crippen molar-refractivity contribution in [3.63, 3.8) is 0 Å². The summed E-state index contributed by atoms with van der Waals surface area (Å²) in [6.07, 6.45) is 4.70. The predicted molar refractivity (Wildman–Crippen MR) is 94.0 cm³/mol. The Morgan fingerprint density at radius 2 is 2.21 bits per heavy atom. The van der Waals surface area contributed by atoms with Crippen molar-refractivity contribution >= 4 is 11.7 Å². The zero-order valence-electron chi connectivity index (χ0n) is 14.8. The van der Waals surface area contributed by atoms with E-state index in [4.69, 9.17) is 4.74 Å². The Labute approximate surface area is 144 Å². The number of pyridine rings is 1. The minimum absolute atomic E-state index is 0.0228. The van der Waals surface area contributed by atoms with Crippen LogP contribution in [-0.4, -0.2) is 61.2 Å². The fraction of sp³-hybridized carbons (Fsp3) is 0.667. The molecule has 6 heteroatoms. The number of aromatic nitrogens is 1. The number of nitrogens with zero attached hydrogens (tertiary/aromatic N) is 3. The molecule has 1 atom stereocenters. The Morgan fingerprint density at radius 3 is 3.00 bits per heavy atom. The Balaban J connectivity index is 1.66. The standard InChI is InChI=1S/C18H28N4O2/c1-18(7-4-13-24-18)17(23)20-14-15-6-3-8-19-16(15)22-10-5-9-21(2)11-12-22/h3,6,8H,4-5,7,9-14H2,1-2H3,(H,20,23)/t18-/m1/s1. The number of carbonyl (C=O) groups excluding carboxylic acids is 1. The highest BCUT2D eigenvalue weighted by molar-refractivity contribution is 5.85. The van der Waals surface area contributed by atoms with Crippen LogP contribution >= 0.6 is 0 Å². The van der Waals surface area contributed by atoms with Crippen LogP contribution in [0.1, 0.15) is 31.7 Å². The van der Waals surface area contributed by atoms with E-state index in [0.29, 0.717) is 13.2 Å². The summed E-state index contributed by atoms with van der Waals surface area (Å²) in [4.78, 5) is 21.7. The molecule has 0 aliphatic carbocycles. The summed E-state index contributed by atoms with van der Waals surface area (Å²) in [6, 6.07) is 3.98. The molecule has 0 unspecified atom stereocenters. The predicted octanol–water partition coefficient (Wildman–Crippen LogP) is 1.41. The van der Waals surface area contributed by atoms with E-state index in [2.05, 4.69) is 33.2 Å². The average Bonchev–Trinajstić information content (AvgIpc) is 2.92. The van der Waals surface area contributed by atoms with Crippen molar-refractivity contribution in [1.82, 2.24) is 15.2 Å². The second-order valence-electron chi connectivity index (χ2n) is 7.00. The van der Waals surface area contributed by atoms with Crippen LogP contribution in [0.2, 0.25) is 0 Å². The minimum Gasteiger partial charge on any atom is -0.365 e. The maximum atomic E-state index is 12.4. The van der Waals surface area contributed by atoms with Gasteiger partial charge in [0.15, 0.2) is 0 Å². The lowest BCUT2D eigenvalue weighted by Gasteiger charge is -2.25. The number of ether oxygens (including phenoxy) is 1. The Bertz CT molecular complexity index is 572. The third-order valence-electron chi connectivity index (χ3n) is 5.03. The maximum absolute atomic E-state index is 12.4. The number of hydrogen-bond acceptors (Lipinski definition) is 5. The lowest BCUT2D eigenvalue weighted by atomic mass is 10.0. The number of carbonyl (C=O) groups is 1. The summed E-state index contributed by atoms with van der Waals surface area (Å²) in [7, 11) is 2.16. The van der Waals surface area contributed by atoms with Gasteiger partial charge in [-0.25, -0.2) is 4.98 Å². The molecule has 2 aliphatic rings. The quantitative estimate of drug-likeness (QED) is 0.903. The topological polar surface area (TPSA) is 57.7 Å². The summed E-state index contributed by atoms with van der Waals surface area (Å²) < 4.78 is 5.62. The molecule has 0 radical (unpaired) electrons. The molecule has 0 bridgehead atoms. The smallest absolute Gasteiger partial charge is 0.252 e. The largest absolute Gasteiger partial charge is 0.365 e. The first kappa shape index (κ1) is 17.2. The van der Waals surface area contributed by atoms with Crippen LogP contribution in [0.15, 0.2) is 18.3 Å². The first-order chi connectivity index (χ1) is 11.6. The third-order valence-corrected chi connectivity index (χ3v) is 5.03. The van der Waals surface area contributed by atoms with Gasteiger partial charge in [0.05, 0.1) is 0 Å². The third kappa shape index (κ3) is 3.87. The minimum atomic E-state index is -0.673. The van der Waals surface area contributed by atoms with Crippen LogP contribution in [0.25, 0.3) is 0 Å². The molecule has 2 fully saturated rings. The number of amides is 1. The van der Waals surface area contributed by atoms with E-state index in [0.717, 1.165) is 56.8 Å². The SMILES string of the molecule is CN1CCCN(c2ncccc2CNC(=O)[C@@]2(C)CCCO2)CC1. The normalized spacial score (nSPS) is 25.5. The van der Waals surface area contributed by atoms with Gasteiger partial charge < -0.3 is 19.9 Å². The highest BCUT2D eigenvalue weighted by Crippen LogP contribution is 2.25.